The molecule has 0 spiro atoms. The summed E-state index contributed by atoms with van der Waals surface area (Å²) in [7, 11) is 0. The second-order valence-corrected chi connectivity index (χ2v) is 7.89. The number of hydrogen-bond acceptors (Lipinski definition) is 5. The average Bonchev–Trinajstić information content (AvgIpc) is 3.20. The van der Waals surface area contributed by atoms with Crippen LogP contribution in [0.1, 0.15) is 30.7 Å². The summed E-state index contributed by atoms with van der Waals surface area (Å²) in [6, 6.07) is 8.71. The van der Waals surface area contributed by atoms with E-state index in [9.17, 15) is 0 Å². The number of halogens is 1. The van der Waals surface area contributed by atoms with E-state index in [2.05, 4.69) is 34.3 Å². The van der Waals surface area contributed by atoms with Crippen LogP contribution in [0.2, 0.25) is 0 Å². The summed E-state index contributed by atoms with van der Waals surface area (Å²) in [6.45, 7) is 5.33. The maximum atomic E-state index is 5.00. The molecule has 1 aromatic carbocycles. The number of fused-ring (bicyclic) bond motifs is 1. The van der Waals surface area contributed by atoms with Crippen molar-refractivity contribution in [2.75, 3.05) is 24.5 Å². The zero-order valence-corrected chi connectivity index (χ0v) is 15.8. The predicted molar refractivity (Wildman–Crippen MR) is 106 cm³/mol. The molecule has 2 aliphatic rings. The molecule has 0 bridgehead atoms. The summed E-state index contributed by atoms with van der Waals surface area (Å²) < 4.78 is 0. The number of piperazine rings is 1. The third-order valence-corrected chi connectivity index (χ3v) is 6.10. The average molecular weight is 376 g/mol. The van der Waals surface area contributed by atoms with Crippen molar-refractivity contribution >= 4 is 39.8 Å². The molecule has 1 aliphatic heterocycles. The number of rotatable bonds is 3. The Morgan fingerprint density at radius 3 is 2.80 bits per heavy atom. The molecule has 5 rings (SSSR count). The third-order valence-electron chi connectivity index (χ3n) is 4.82. The van der Waals surface area contributed by atoms with E-state index in [4.69, 9.17) is 9.97 Å². The van der Waals surface area contributed by atoms with Gasteiger partial charge in [-0.3, -0.25) is 0 Å². The fourth-order valence-corrected chi connectivity index (χ4v) is 4.65. The molecule has 0 amide bonds. The van der Waals surface area contributed by atoms with Crippen molar-refractivity contribution in [2.45, 2.75) is 31.7 Å². The number of hydrogen-bond donors (Lipinski definition) is 2. The van der Waals surface area contributed by atoms with E-state index >= 15 is 0 Å². The molecule has 0 radical (unpaired) electrons. The zero-order valence-electron chi connectivity index (χ0n) is 14.2. The Morgan fingerprint density at radius 1 is 1.20 bits per heavy atom. The Hall–Kier alpha value is -1.63. The van der Waals surface area contributed by atoms with Crippen molar-refractivity contribution in [2.24, 2.45) is 0 Å². The smallest absolute Gasteiger partial charge is 0.160 e. The molecule has 1 saturated heterocycles. The lowest BCUT2D eigenvalue weighted by Crippen LogP contribution is -2.49. The van der Waals surface area contributed by atoms with Crippen molar-refractivity contribution in [1.82, 2.24) is 20.3 Å². The van der Waals surface area contributed by atoms with Crippen molar-refractivity contribution in [3.8, 4) is 11.5 Å². The van der Waals surface area contributed by atoms with Gasteiger partial charge in [0.2, 0.25) is 0 Å². The van der Waals surface area contributed by atoms with E-state index in [1.165, 1.54) is 22.9 Å². The SMILES string of the molecule is C[C@@H]1CN(c2sc(C3CC3)nc2-c2nc3ccccc3[nH]2)CCN1.Cl. The molecular formula is C18H22ClN5S. The van der Waals surface area contributed by atoms with E-state index in [-0.39, 0.29) is 12.4 Å². The maximum absolute atomic E-state index is 5.00. The van der Waals surface area contributed by atoms with E-state index in [1.807, 2.05) is 23.5 Å². The van der Waals surface area contributed by atoms with Gasteiger partial charge >= 0.3 is 0 Å². The Kier molecular flexibility index (Phi) is 4.43. The standard InChI is InChI=1S/C18H21N5S.ClH/c1-11-10-23(9-8-19-11)18-15(22-17(24-18)12-6-7-12)16-20-13-4-2-3-5-14(13)21-16;/h2-5,11-12,19H,6-10H2,1H3,(H,20,21);1H/t11-;/m1./s1. The van der Waals surface area contributed by atoms with Crippen LogP contribution in [0, 0.1) is 0 Å². The molecular weight excluding hydrogens is 354 g/mol. The van der Waals surface area contributed by atoms with Crippen LogP contribution in [0.5, 0.6) is 0 Å². The number of aromatic nitrogens is 3. The van der Waals surface area contributed by atoms with E-state index < -0.39 is 0 Å². The summed E-state index contributed by atoms with van der Waals surface area (Å²) in [5.41, 5.74) is 3.12. The molecule has 1 aliphatic carbocycles. The topological polar surface area (TPSA) is 56.8 Å². The molecule has 25 heavy (non-hydrogen) atoms. The summed E-state index contributed by atoms with van der Waals surface area (Å²) in [5, 5.41) is 6.09. The van der Waals surface area contributed by atoms with Gasteiger partial charge in [-0.05, 0) is 31.9 Å². The number of imidazole rings is 1. The van der Waals surface area contributed by atoms with Crippen molar-refractivity contribution in [3.05, 3.63) is 29.3 Å². The molecule has 2 N–H and O–H groups in total. The van der Waals surface area contributed by atoms with Crippen LogP contribution in [-0.2, 0) is 0 Å². The highest BCUT2D eigenvalue weighted by Gasteiger charge is 2.31. The van der Waals surface area contributed by atoms with Gasteiger partial charge in [-0.1, -0.05) is 12.1 Å². The van der Waals surface area contributed by atoms with Crippen LogP contribution in [0.25, 0.3) is 22.6 Å². The predicted octanol–water partition coefficient (Wildman–Crippen LogP) is 3.78. The second-order valence-electron chi connectivity index (χ2n) is 6.88. The molecule has 2 fully saturated rings. The Labute approximate surface area is 157 Å². The van der Waals surface area contributed by atoms with Crippen LogP contribution >= 0.6 is 23.7 Å². The minimum absolute atomic E-state index is 0. The van der Waals surface area contributed by atoms with Gasteiger partial charge in [-0.15, -0.1) is 23.7 Å². The number of thiazole rings is 1. The molecule has 1 atom stereocenters. The lowest BCUT2D eigenvalue weighted by atomic mass is 10.2. The van der Waals surface area contributed by atoms with Gasteiger partial charge in [0.05, 0.1) is 16.0 Å². The normalized spacial score (nSPS) is 20.7. The zero-order chi connectivity index (χ0) is 16.1. The molecule has 5 nitrogen and oxygen atoms in total. The van der Waals surface area contributed by atoms with Gasteiger partial charge in [0.15, 0.2) is 5.82 Å². The quantitative estimate of drug-likeness (QED) is 0.731. The van der Waals surface area contributed by atoms with Gasteiger partial charge < -0.3 is 15.2 Å². The number of aromatic amines is 1. The van der Waals surface area contributed by atoms with Crippen molar-refractivity contribution in [1.29, 1.82) is 0 Å². The first-order valence-corrected chi connectivity index (χ1v) is 9.54. The number of nitrogens with one attached hydrogen (secondary N) is 2. The molecule has 1 saturated carbocycles. The van der Waals surface area contributed by atoms with Crippen LogP contribution in [0.3, 0.4) is 0 Å². The van der Waals surface area contributed by atoms with E-state index in [1.54, 1.807) is 0 Å². The van der Waals surface area contributed by atoms with Crippen LogP contribution in [0.4, 0.5) is 5.00 Å². The molecule has 3 heterocycles. The number of nitrogens with zero attached hydrogens (tertiary/aromatic N) is 3. The van der Waals surface area contributed by atoms with Gasteiger partial charge in [-0.25, -0.2) is 9.97 Å². The number of H-pyrrole nitrogens is 1. The first kappa shape index (κ1) is 16.8. The molecule has 3 aromatic rings. The third kappa shape index (κ3) is 3.14. The molecule has 2 aromatic heterocycles. The van der Waals surface area contributed by atoms with Crippen molar-refractivity contribution in [3.63, 3.8) is 0 Å². The Balaban J connectivity index is 0.00000157. The fraction of sp³-hybridized carbons (Fsp3) is 0.444. The lowest BCUT2D eigenvalue weighted by Gasteiger charge is -2.32. The first-order valence-electron chi connectivity index (χ1n) is 8.72. The number of anilines is 1. The monoisotopic (exact) mass is 375 g/mol. The lowest BCUT2D eigenvalue weighted by molar-refractivity contribution is 0.486. The maximum Gasteiger partial charge on any atom is 0.160 e. The second kappa shape index (κ2) is 6.59. The van der Waals surface area contributed by atoms with Crippen LogP contribution < -0.4 is 10.2 Å². The highest BCUT2D eigenvalue weighted by atomic mass is 35.5. The molecule has 0 unspecified atom stereocenters. The van der Waals surface area contributed by atoms with Crippen LogP contribution in [0.15, 0.2) is 24.3 Å². The highest BCUT2D eigenvalue weighted by Crippen LogP contribution is 2.47. The largest absolute Gasteiger partial charge is 0.359 e. The summed E-state index contributed by atoms with van der Waals surface area (Å²) in [5.74, 6) is 1.58. The van der Waals surface area contributed by atoms with E-state index in [0.29, 0.717) is 12.0 Å². The van der Waals surface area contributed by atoms with Gasteiger partial charge in [0.1, 0.15) is 10.7 Å². The molecule has 7 heteroatoms. The molecule has 132 valence electrons. The minimum Gasteiger partial charge on any atom is -0.359 e. The van der Waals surface area contributed by atoms with Crippen LogP contribution in [-0.4, -0.2) is 40.6 Å². The van der Waals surface area contributed by atoms with Gasteiger partial charge in [0.25, 0.3) is 0 Å². The Morgan fingerprint density at radius 2 is 2.04 bits per heavy atom. The number of benzene rings is 1. The minimum atomic E-state index is 0. The highest BCUT2D eigenvalue weighted by molar-refractivity contribution is 7.16. The van der Waals surface area contributed by atoms with E-state index in [0.717, 1.165) is 42.2 Å². The number of para-hydroxylation sites is 2. The summed E-state index contributed by atoms with van der Waals surface area (Å²) in [4.78, 5) is 15.7. The first-order chi connectivity index (χ1) is 11.8. The fourth-order valence-electron chi connectivity index (χ4n) is 3.38. The Bertz CT molecular complexity index is 852. The van der Waals surface area contributed by atoms with Crippen molar-refractivity contribution < 1.29 is 0 Å². The summed E-state index contributed by atoms with van der Waals surface area (Å²) in [6.07, 6.45) is 2.56. The van der Waals surface area contributed by atoms with Gasteiger partial charge in [-0.2, -0.15) is 0 Å². The summed E-state index contributed by atoms with van der Waals surface area (Å²) >= 11 is 1.87. The van der Waals surface area contributed by atoms with Gasteiger partial charge in [0, 0.05) is 31.6 Å².